The minimum absolute atomic E-state index is 0.140. The van der Waals surface area contributed by atoms with Gasteiger partial charge in [0.05, 0.1) is 12.3 Å². The van der Waals surface area contributed by atoms with Gasteiger partial charge in [-0.1, -0.05) is 29.8 Å². The summed E-state index contributed by atoms with van der Waals surface area (Å²) in [5.74, 6) is 5.79. The molecule has 0 radical (unpaired) electrons. The lowest BCUT2D eigenvalue weighted by molar-refractivity contribution is 0.0982. The van der Waals surface area contributed by atoms with Crippen LogP contribution in [0.3, 0.4) is 0 Å². The van der Waals surface area contributed by atoms with Crippen molar-refractivity contribution >= 4 is 38.8 Å². The Morgan fingerprint density at radius 1 is 1.16 bits per heavy atom. The number of carbonyl (C=O) groups excluding carboxylic acids is 1. The summed E-state index contributed by atoms with van der Waals surface area (Å²) >= 11 is 6.38. The first-order chi connectivity index (χ1) is 17.8. The smallest absolute Gasteiger partial charge is 0.262 e. The second kappa shape index (κ2) is 9.70. The molecule has 196 valence electrons. The van der Waals surface area contributed by atoms with E-state index in [0.717, 1.165) is 61.7 Å². The van der Waals surface area contributed by atoms with E-state index in [2.05, 4.69) is 39.8 Å². The second-order valence-corrected chi connectivity index (χ2v) is 14.0. The van der Waals surface area contributed by atoms with Gasteiger partial charge in [0.15, 0.2) is 0 Å². The van der Waals surface area contributed by atoms with E-state index in [1.54, 1.807) is 6.07 Å². The Kier molecular flexibility index (Phi) is 6.52. The minimum atomic E-state index is -2.70. The average molecular weight is 539 g/mol. The highest BCUT2D eigenvalue weighted by Crippen LogP contribution is 2.46. The highest BCUT2D eigenvalue weighted by molar-refractivity contribution is 7.99. The zero-order chi connectivity index (χ0) is 25.6. The van der Waals surface area contributed by atoms with Gasteiger partial charge in [-0.2, -0.15) is 0 Å². The predicted molar refractivity (Wildman–Crippen MR) is 152 cm³/mol. The lowest BCUT2D eigenvalue weighted by atomic mass is 9.69. The summed E-state index contributed by atoms with van der Waals surface area (Å²) in [6.07, 6.45) is 11.8. The summed E-state index contributed by atoms with van der Waals surface area (Å²) in [4.78, 5) is 15.6. The van der Waals surface area contributed by atoms with Gasteiger partial charge in [-0.25, -0.2) is 4.21 Å². The van der Waals surface area contributed by atoms with Gasteiger partial charge in [0.25, 0.3) is 5.91 Å². The van der Waals surface area contributed by atoms with Crippen LogP contribution in [0.1, 0.15) is 60.0 Å². The predicted octanol–water partition coefficient (Wildman–Crippen LogP) is 5.55. The number of ether oxygens (including phenoxy) is 1. The van der Waals surface area contributed by atoms with Crippen LogP contribution in [0.25, 0.3) is 0 Å². The van der Waals surface area contributed by atoms with Crippen LogP contribution >= 0.6 is 11.6 Å². The summed E-state index contributed by atoms with van der Waals surface area (Å²) in [6.45, 7) is 2.35. The third-order valence-electron chi connectivity index (χ3n) is 8.74. The molecule has 1 spiro atoms. The highest BCUT2D eigenvalue weighted by atomic mass is 35.5. The third kappa shape index (κ3) is 4.90. The number of allylic oxidation sites excluding steroid dienone is 2. The van der Waals surface area contributed by atoms with Crippen LogP contribution in [0.15, 0.2) is 48.6 Å². The summed E-state index contributed by atoms with van der Waals surface area (Å²) in [7, 11) is -2.70. The summed E-state index contributed by atoms with van der Waals surface area (Å²) in [6, 6.07) is 11.9. The number of halogens is 1. The Labute approximate surface area is 225 Å². The Morgan fingerprint density at radius 3 is 2.89 bits per heavy atom. The number of amides is 1. The SMILES string of the molecule is C=S1(=O)CCC/C=C/[C@@H]2CC[C@H]2CN2C[C@@]3(CCCc4cc(Cl)ccc43)COc3ccc(cc32)C(=O)N1. The number of carbonyl (C=O) groups is 1. The van der Waals surface area contributed by atoms with Crippen LogP contribution in [-0.2, 0) is 21.5 Å². The van der Waals surface area contributed by atoms with Gasteiger partial charge >= 0.3 is 0 Å². The molecule has 4 atom stereocenters. The number of aryl methyl sites for hydroxylation is 1. The average Bonchev–Trinajstić information content (AvgIpc) is 3.00. The van der Waals surface area contributed by atoms with Gasteiger partial charge in [0, 0.05) is 44.6 Å². The number of hydrogen-bond donors (Lipinski definition) is 1. The van der Waals surface area contributed by atoms with Crippen molar-refractivity contribution in [1.29, 1.82) is 0 Å². The summed E-state index contributed by atoms with van der Waals surface area (Å²) < 4.78 is 22.2. The van der Waals surface area contributed by atoms with E-state index in [-0.39, 0.29) is 11.3 Å². The molecule has 1 saturated carbocycles. The van der Waals surface area contributed by atoms with E-state index >= 15 is 0 Å². The molecular formula is C30H35ClN2O3S. The molecule has 6 rings (SSSR count). The van der Waals surface area contributed by atoms with Crippen molar-refractivity contribution in [3.05, 3.63) is 70.3 Å². The van der Waals surface area contributed by atoms with E-state index in [9.17, 15) is 9.00 Å². The second-order valence-electron chi connectivity index (χ2n) is 11.3. The fourth-order valence-electron chi connectivity index (χ4n) is 6.60. The van der Waals surface area contributed by atoms with Gasteiger partial charge in [0.2, 0.25) is 0 Å². The topological polar surface area (TPSA) is 58.6 Å². The van der Waals surface area contributed by atoms with Crippen molar-refractivity contribution < 1.29 is 13.7 Å². The van der Waals surface area contributed by atoms with Gasteiger partial charge < -0.3 is 9.64 Å². The molecule has 2 bridgehead atoms. The Hall–Kier alpha value is -2.44. The van der Waals surface area contributed by atoms with Crippen LogP contribution in [0.4, 0.5) is 5.69 Å². The Morgan fingerprint density at radius 2 is 2.05 bits per heavy atom. The lowest BCUT2D eigenvalue weighted by Crippen LogP contribution is -2.48. The molecule has 1 fully saturated rings. The molecule has 2 aromatic rings. The molecule has 1 unspecified atom stereocenters. The maximum atomic E-state index is 13.1. The van der Waals surface area contributed by atoms with Crippen LogP contribution in [0.5, 0.6) is 5.75 Å². The number of hydrogen-bond acceptors (Lipinski definition) is 4. The van der Waals surface area contributed by atoms with Crippen LogP contribution < -0.4 is 14.4 Å². The number of nitrogens with zero attached hydrogens (tertiary/aromatic N) is 1. The molecule has 0 aromatic heterocycles. The van der Waals surface area contributed by atoms with Crippen LogP contribution in [-0.4, -0.2) is 41.4 Å². The number of fused-ring (bicyclic) bond motifs is 4. The van der Waals surface area contributed by atoms with Gasteiger partial charge in [0.1, 0.15) is 5.75 Å². The highest BCUT2D eigenvalue weighted by Gasteiger charge is 2.43. The fourth-order valence-corrected chi connectivity index (χ4v) is 7.98. The first-order valence-corrected chi connectivity index (χ1v) is 15.7. The maximum Gasteiger partial charge on any atom is 0.262 e. The maximum absolute atomic E-state index is 13.1. The van der Waals surface area contributed by atoms with Crippen molar-refractivity contribution in [1.82, 2.24) is 4.72 Å². The zero-order valence-corrected chi connectivity index (χ0v) is 22.8. The number of benzene rings is 2. The van der Waals surface area contributed by atoms with Crippen molar-refractivity contribution in [2.75, 3.05) is 30.3 Å². The van der Waals surface area contributed by atoms with E-state index < -0.39 is 9.71 Å². The molecule has 37 heavy (non-hydrogen) atoms. The Bertz CT molecular complexity index is 1350. The number of anilines is 1. The zero-order valence-electron chi connectivity index (χ0n) is 21.2. The van der Waals surface area contributed by atoms with Crippen molar-refractivity contribution in [2.45, 2.75) is 50.4 Å². The number of nitrogens with one attached hydrogen (secondary N) is 1. The first kappa shape index (κ1) is 24.9. The summed E-state index contributed by atoms with van der Waals surface area (Å²) in [5.41, 5.74) is 3.96. The molecule has 2 heterocycles. The van der Waals surface area contributed by atoms with E-state index in [4.69, 9.17) is 16.3 Å². The Balaban J connectivity index is 1.42. The van der Waals surface area contributed by atoms with Crippen LogP contribution in [0, 0.1) is 11.8 Å². The molecule has 2 aliphatic carbocycles. The molecular weight excluding hydrogens is 504 g/mol. The molecule has 4 aliphatic rings. The molecule has 7 heteroatoms. The van der Waals surface area contributed by atoms with Crippen molar-refractivity contribution in [3.63, 3.8) is 0 Å². The monoisotopic (exact) mass is 538 g/mol. The van der Waals surface area contributed by atoms with Crippen LogP contribution in [0.2, 0.25) is 5.02 Å². The molecule has 5 nitrogen and oxygen atoms in total. The fraction of sp³-hybridized carbons (Fsp3) is 0.467. The molecule has 2 aliphatic heterocycles. The molecule has 2 aromatic carbocycles. The number of rotatable bonds is 0. The van der Waals surface area contributed by atoms with Crippen molar-refractivity contribution in [3.8, 4) is 5.75 Å². The lowest BCUT2D eigenvalue weighted by Gasteiger charge is -2.44. The van der Waals surface area contributed by atoms with E-state index in [0.29, 0.717) is 29.8 Å². The molecule has 1 N–H and O–H groups in total. The first-order valence-electron chi connectivity index (χ1n) is 13.5. The third-order valence-corrected chi connectivity index (χ3v) is 10.5. The largest absolute Gasteiger partial charge is 0.490 e. The van der Waals surface area contributed by atoms with E-state index in [1.165, 1.54) is 24.0 Å². The van der Waals surface area contributed by atoms with Gasteiger partial charge in [-0.3, -0.25) is 9.52 Å². The molecule has 1 amide bonds. The quantitative estimate of drug-likeness (QED) is 0.353. The van der Waals surface area contributed by atoms with E-state index in [1.807, 2.05) is 18.2 Å². The minimum Gasteiger partial charge on any atom is -0.490 e. The van der Waals surface area contributed by atoms with Gasteiger partial charge in [-0.05, 0) is 104 Å². The molecule has 0 saturated heterocycles. The summed E-state index contributed by atoms with van der Waals surface area (Å²) in [5, 5.41) is 0.782. The van der Waals surface area contributed by atoms with Crippen molar-refractivity contribution in [2.24, 2.45) is 11.8 Å². The standard InChI is InChI=1S/C30H35ClN2O3S/c1-37(35)15-4-2-3-6-21-8-9-24(21)18-33-19-30(14-5-7-22-16-25(31)11-12-26(22)30)20-36-28-13-10-23(17-27(28)33)29(34)32-37/h3,6,10-13,16-17,21,24H,1-2,4-5,7-9,14-15,18-20H2,(H,32,34,35)/b6-3+/t21-,24+,30+,37?/m1/s1. The van der Waals surface area contributed by atoms with Gasteiger partial charge in [-0.15, -0.1) is 0 Å². The normalized spacial score (nSPS) is 32.4.